The van der Waals surface area contributed by atoms with E-state index in [-0.39, 0.29) is 23.1 Å². The van der Waals surface area contributed by atoms with E-state index >= 15 is 0 Å². The zero-order chi connectivity index (χ0) is 23.4. The Labute approximate surface area is 193 Å². The summed E-state index contributed by atoms with van der Waals surface area (Å²) >= 11 is 0. The number of ether oxygens (including phenoxy) is 2. The van der Waals surface area contributed by atoms with Crippen molar-refractivity contribution in [2.24, 2.45) is 0 Å². The molecule has 8 unspecified atom stereocenters. The maximum Gasteiger partial charge on any atom is -1.00 e. The van der Waals surface area contributed by atoms with Crippen LogP contribution >= 0.6 is 7.81 Å². The van der Waals surface area contributed by atoms with Crippen molar-refractivity contribution in [1.82, 2.24) is 0 Å². The largest absolute Gasteiger partial charge is 1.00 e. The molecule has 14 heteroatoms. The Morgan fingerprint density at radius 1 is 0.750 bits per heavy atom. The predicted molar refractivity (Wildman–Crippen MR) is 99.7 cm³/mol. The van der Waals surface area contributed by atoms with Crippen LogP contribution in [0, 0.1) is 0 Å². The average molecular weight is 563 g/mol. The second-order valence-corrected chi connectivity index (χ2v) is 12.6. The molecular formula is C18H30BrF6N2O4P. The van der Waals surface area contributed by atoms with Crippen molar-refractivity contribution in [1.29, 1.82) is 0 Å². The van der Waals surface area contributed by atoms with E-state index in [0.29, 0.717) is 54.4 Å². The third-order valence-corrected chi connectivity index (χ3v) is 7.96. The summed E-state index contributed by atoms with van der Waals surface area (Å²) in [5, 5.41) is 9.60. The van der Waals surface area contributed by atoms with Gasteiger partial charge in [-0.05, 0) is 0 Å². The summed E-state index contributed by atoms with van der Waals surface area (Å²) in [7, 11) is -1.64. The van der Waals surface area contributed by atoms with Gasteiger partial charge >= 0.3 is 33.0 Å². The zero-order valence-electron chi connectivity index (χ0n) is 18.2. The Morgan fingerprint density at radius 3 is 1.38 bits per heavy atom. The number of carbonyl (C=O) groups is 1. The van der Waals surface area contributed by atoms with Crippen LogP contribution in [0.5, 0.6) is 0 Å². The molecule has 6 aliphatic heterocycles. The molecule has 4 bridgehead atoms. The quantitative estimate of drug-likeness (QED) is 0.196. The Balaban J connectivity index is 0.000000139. The minimum atomic E-state index is -10.7. The van der Waals surface area contributed by atoms with Crippen molar-refractivity contribution in [2.75, 3.05) is 28.2 Å². The van der Waals surface area contributed by atoms with Crippen LogP contribution in [0.4, 0.5) is 25.2 Å². The van der Waals surface area contributed by atoms with Gasteiger partial charge < -0.3 is 40.5 Å². The van der Waals surface area contributed by atoms with E-state index in [0.717, 1.165) is 34.6 Å². The monoisotopic (exact) mass is 562 g/mol. The molecule has 6 rings (SSSR count). The molecule has 6 heterocycles. The summed E-state index contributed by atoms with van der Waals surface area (Å²) < 4.78 is 72.4. The number of piperidine rings is 2. The number of hydrogen-bond donors (Lipinski definition) is 1. The first-order valence-corrected chi connectivity index (χ1v) is 12.4. The molecule has 0 aromatic heterocycles. The smallest absolute Gasteiger partial charge is 1.00 e. The molecule has 0 amide bonds. The van der Waals surface area contributed by atoms with Gasteiger partial charge in [-0.2, -0.15) is 0 Å². The van der Waals surface area contributed by atoms with Crippen LogP contribution < -0.4 is 17.0 Å². The molecule has 6 fully saturated rings. The minimum Gasteiger partial charge on any atom is -1.00 e. The van der Waals surface area contributed by atoms with Crippen LogP contribution in [0.15, 0.2) is 0 Å². The summed E-state index contributed by atoms with van der Waals surface area (Å²) in [6.07, 6.45) is 5.06. The van der Waals surface area contributed by atoms with E-state index in [2.05, 4.69) is 28.2 Å². The van der Waals surface area contributed by atoms with Crippen LogP contribution in [0.2, 0.25) is 0 Å². The fourth-order valence-electron chi connectivity index (χ4n) is 6.24. The van der Waals surface area contributed by atoms with Gasteiger partial charge in [-0.3, -0.25) is 4.79 Å². The van der Waals surface area contributed by atoms with Gasteiger partial charge in [-0.25, -0.2) is 0 Å². The maximum absolute atomic E-state index is 11.3. The number of epoxide rings is 2. The Morgan fingerprint density at radius 2 is 1.03 bits per heavy atom. The van der Waals surface area contributed by atoms with Crippen LogP contribution in [-0.4, -0.2) is 103 Å². The molecule has 0 aromatic carbocycles. The summed E-state index contributed by atoms with van der Waals surface area (Å²) in [5.74, 6) is 0.443. The number of rotatable bonds is 0. The molecule has 32 heavy (non-hydrogen) atoms. The van der Waals surface area contributed by atoms with Crippen LogP contribution in [-0.2, 0) is 14.3 Å². The van der Waals surface area contributed by atoms with Crippen LogP contribution in [0.3, 0.4) is 0 Å². The number of fused-ring (bicyclic) bond motifs is 10. The molecular weight excluding hydrogens is 533 g/mol. The van der Waals surface area contributed by atoms with E-state index in [1.807, 2.05) is 0 Å². The van der Waals surface area contributed by atoms with Gasteiger partial charge in [0.05, 0.1) is 47.1 Å². The van der Waals surface area contributed by atoms with Gasteiger partial charge in [-0.15, -0.1) is 0 Å². The number of ketones is 1. The molecule has 8 atom stereocenters. The standard InChI is InChI=1S/C9H16NO2.C9H14NO2.BrH.F6P/c2*1-10(2)6-3-5(11)4-7(10)9-8(6)12-9;;1-7(2,3,4,5)6/h5-9,11H,3-4H2,1-2H3;6-9H,3-4H2,1-2H3;1H;/q2*+1;;-1/p-1. The normalized spacial score (nSPS) is 47.6. The zero-order valence-corrected chi connectivity index (χ0v) is 20.7. The van der Waals surface area contributed by atoms with E-state index in [4.69, 9.17) is 9.47 Å². The van der Waals surface area contributed by atoms with Gasteiger partial charge in [0.1, 0.15) is 54.4 Å². The summed E-state index contributed by atoms with van der Waals surface area (Å²) in [6, 6.07) is 2.04. The molecule has 0 spiro atoms. The Kier molecular flexibility index (Phi) is 5.82. The van der Waals surface area contributed by atoms with Crippen LogP contribution in [0.1, 0.15) is 25.7 Å². The molecule has 190 valence electrons. The van der Waals surface area contributed by atoms with E-state index < -0.39 is 7.81 Å². The molecule has 0 radical (unpaired) electrons. The topological polar surface area (TPSA) is 62.4 Å². The number of nitrogens with zero attached hydrogens (tertiary/aromatic N) is 2. The summed E-state index contributed by atoms with van der Waals surface area (Å²) in [5.41, 5.74) is 0. The SMILES string of the molecule is C[N+]1(C)C2CC(=O)CC1C1OC12.C[N+]1(C)C2CC(O)CC1C1OC12.F[P-](F)(F)(F)(F)F.[Br-]. The first-order chi connectivity index (χ1) is 13.7. The number of likely N-dealkylation sites (N-methyl/N-ethyl adjacent to an activating group) is 2. The van der Waals surface area contributed by atoms with E-state index in [1.54, 1.807) is 0 Å². The van der Waals surface area contributed by atoms with Crippen molar-refractivity contribution >= 4 is 13.6 Å². The molecule has 1 N–H and O–H groups in total. The molecule has 0 saturated carbocycles. The van der Waals surface area contributed by atoms with E-state index in [1.165, 1.54) is 0 Å². The fraction of sp³-hybridized carbons (Fsp3) is 0.944. The van der Waals surface area contributed by atoms with Gasteiger partial charge in [0.15, 0.2) is 0 Å². The van der Waals surface area contributed by atoms with Gasteiger partial charge in [0, 0.05) is 12.8 Å². The summed E-state index contributed by atoms with van der Waals surface area (Å²) in [6.45, 7) is 0. The molecule has 6 aliphatic rings. The Hall–Kier alpha value is -0.0400. The number of carbonyl (C=O) groups excluding carboxylic acids is 1. The van der Waals surface area contributed by atoms with Crippen LogP contribution in [0.25, 0.3) is 0 Å². The molecule has 6 saturated heterocycles. The molecule has 0 aliphatic carbocycles. The number of hydrogen-bond acceptors (Lipinski definition) is 4. The van der Waals surface area contributed by atoms with Gasteiger partial charge in [-0.1, -0.05) is 0 Å². The number of morpholine rings is 2. The van der Waals surface area contributed by atoms with Crippen molar-refractivity contribution < 1.29 is 70.5 Å². The number of aliphatic hydroxyl groups excluding tert-OH is 1. The number of aliphatic hydroxyl groups is 1. The fourth-order valence-corrected chi connectivity index (χ4v) is 6.24. The van der Waals surface area contributed by atoms with Crippen molar-refractivity contribution in [3.8, 4) is 0 Å². The minimum absolute atomic E-state index is 0. The second-order valence-electron chi connectivity index (χ2n) is 10.7. The molecule has 0 aromatic rings. The van der Waals surface area contributed by atoms with Gasteiger partial charge in [0.2, 0.25) is 0 Å². The predicted octanol–water partition coefficient (Wildman–Crippen LogP) is 0.0660. The first kappa shape index (κ1) is 26.6. The second kappa shape index (κ2) is 7.01. The summed E-state index contributed by atoms with van der Waals surface area (Å²) in [4.78, 5) is 11.3. The van der Waals surface area contributed by atoms with E-state index in [9.17, 15) is 35.1 Å². The van der Waals surface area contributed by atoms with Gasteiger partial charge in [0.25, 0.3) is 0 Å². The number of quaternary nitrogens is 2. The van der Waals surface area contributed by atoms with Crippen molar-refractivity contribution in [3.63, 3.8) is 0 Å². The number of halogens is 7. The number of Topliss-reactive ketones (excluding diaryl/α,β-unsaturated/α-hetero) is 1. The Bertz CT molecular complexity index is 745. The molecule has 6 nitrogen and oxygen atoms in total. The average Bonchev–Trinajstić information content (AvgIpc) is 3.37. The first-order valence-electron chi connectivity index (χ1n) is 10.4. The van der Waals surface area contributed by atoms with Crippen molar-refractivity contribution in [3.05, 3.63) is 0 Å². The maximum atomic E-state index is 11.3. The van der Waals surface area contributed by atoms with Crippen molar-refractivity contribution in [2.45, 2.75) is 80.4 Å². The third-order valence-electron chi connectivity index (χ3n) is 7.96. The third kappa shape index (κ3) is 5.44.